The minimum atomic E-state index is -3.21. The Balaban J connectivity index is 2.37. The fraction of sp³-hybridized carbons (Fsp3) is 0.600. The van der Waals surface area contributed by atoms with Gasteiger partial charge in [-0.05, 0) is 37.9 Å². The van der Waals surface area contributed by atoms with E-state index in [1.807, 2.05) is 12.1 Å². The molecule has 0 spiro atoms. The molecule has 1 aromatic rings. The van der Waals surface area contributed by atoms with Gasteiger partial charge in [-0.15, -0.1) is 0 Å². The number of sulfone groups is 1. The van der Waals surface area contributed by atoms with Gasteiger partial charge in [0.15, 0.2) is 9.84 Å². The zero-order chi connectivity index (χ0) is 14.6. The summed E-state index contributed by atoms with van der Waals surface area (Å²) in [6.45, 7) is 1.46. The summed E-state index contributed by atoms with van der Waals surface area (Å²) in [7, 11) is -3.21. The zero-order valence-corrected chi connectivity index (χ0v) is 12.9. The predicted octanol–water partition coefficient (Wildman–Crippen LogP) is 2.19. The van der Waals surface area contributed by atoms with E-state index in [4.69, 9.17) is 5.73 Å². The van der Waals surface area contributed by atoms with Crippen LogP contribution in [0, 0.1) is 0 Å². The summed E-state index contributed by atoms with van der Waals surface area (Å²) in [5, 5.41) is 0. The van der Waals surface area contributed by atoms with Crippen LogP contribution in [0.3, 0.4) is 0 Å². The largest absolute Gasteiger partial charge is 0.367 e. The van der Waals surface area contributed by atoms with Crippen LogP contribution in [0.1, 0.15) is 32.1 Å². The van der Waals surface area contributed by atoms with Gasteiger partial charge in [-0.3, -0.25) is 0 Å². The van der Waals surface area contributed by atoms with Crippen molar-refractivity contribution in [3.05, 3.63) is 24.3 Å². The molecule has 1 aromatic carbocycles. The molecule has 2 N–H and O–H groups in total. The topological polar surface area (TPSA) is 63.4 Å². The normalized spacial score (nSPS) is 16.5. The van der Waals surface area contributed by atoms with E-state index in [2.05, 4.69) is 4.90 Å². The van der Waals surface area contributed by atoms with Gasteiger partial charge in [0, 0.05) is 18.8 Å². The van der Waals surface area contributed by atoms with Gasteiger partial charge in [0.1, 0.15) is 0 Å². The average Bonchev–Trinajstić information content (AvgIpc) is 2.92. The van der Waals surface area contributed by atoms with Crippen LogP contribution in [0.5, 0.6) is 0 Å². The Labute approximate surface area is 121 Å². The monoisotopic (exact) mass is 296 g/mol. The van der Waals surface area contributed by atoms with Crippen molar-refractivity contribution >= 4 is 15.5 Å². The fourth-order valence-corrected chi connectivity index (χ4v) is 3.88. The third kappa shape index (κ3) is 3.52. The third-order valence-electron chi connectivity index (χ3n) is 3.94. The predicted molar refractivity (Wildman–Crippen MR) is 82.8 cm³/mol. The van der Waals surface area contributed by atoms with Gasteiger partial charge in [-0.25, -0.2) is 8.42 Å². The van der Waals surface area contributed by atoms with Gasteiger partial charge in [0.2, 0.25) is 0 Å². The molecule has 1 saturated carbocycles. The standard InChI is InChI=1S/C15H24N2O2S/c1-20(18,19)15-10-5-4-9-14(15)17(12-6-11-16)13-7-2-3-8-13/h4-5,9-10,13H,2-3,6-8,11-12,16H2,1H3. The molecule has 0 bridgehead atoms. The maximum Gasteiger partial charge on any atom is 0.177 e. The van der Waals surface area contributed by atoms with Crippen LogP contribution in [-0.2, 0) is 9.84 Å². The smallest absolute Gasteiger partial charge is 0.177 e. The molecule has 0 aliphatic heterocycles. The molecule has 4 nitrogen and oxygen atoms in total. The van der Waals surface area contributed by atoms with Gasteiger partial charge in [-0.2, -0.15) is 0 Å². The van der Waals surface area contributed by atoms with Gasteiger partial charge in [-0.1, -0.05) is 25.0 Å². The maximum atomic E-state index is 12.0. The van der Waals surface area contributed by atoms with Gasteiger partial charge in [0.25, 0.3) is 0 Å². The minimum Gasteiger partial charge on any atom is -0.367 e. The molecule has 0 atom stereocenters. The zero-order valence-electron chi connectivity index (χ0n) is 12.1. The molecule has 1 aliphatic carbocycles. The molecule has 1 fully saturated rings. The molecule has 20 heavy (non-hydrogen) atoms. The fourth-order valence-electron chi connectivity index (χ4n) is 2.99. The van der Waals surface area contributed by atoms with E-state index in [1.54, 1.807) is 12.1 Å². The van der Waals surface area contributed by atoms with Gasteiger partial charge >= 0.3 is 0 Å². The number of nitrogens with zero attached hydrogens (tertiary/aromatic N) is 1. The molecule has 0 heterocycles. The van der Waals surface area contributed by atoms with Crippen LogP contribution in [0.4, 0.5) is 5.69 Å². The maximum absolute atomic E-state index is 12.0. The first-order chi connectivity index (χ1) is 9.54. The molecule has 0 radical (unpaired) electrons. The molecule has 2 rings (SSSR count). The number of benzene rings is 1. The molecular formula is C15H24N2O2S. The lowest BCUT2D eigenvalue weighted by atomic mass is 10.1. The van der Waals surface area contributed by atoms with E-state index in [9.17, 15) is 8.42 Å². The summed E-state index contributed by atoms with van der Waals surface area (Å²) in [6.07, 6.45) is 6.90. The Hall–Kier alpha value is -1.07. The van der Waals surface area contributed by atoms with Crippen molar-refractivity contribution in [2.24, 2.45) is 5.73 Å². The van der Waals surface area contributed by atoms with Crippen molar-refractivity contribution in [1.82, 2.24) is 0 Å². The van der Waals surface area contributed by atoms with Gasteiger partial charge < -0.3 is 10.6 Å². The second kappa shape index (κ2) is 6.59. The summed E-state index contributed by atoms with van der Waals surface area (Å²) < 4.78 is 24.0. The SMILES string of the molecule is CS(=O)(=O)c1ccccc1N(CCCN)C1CCCC1. The lowest BCUT2D eigenvalue weighted by Crippen LogP contribution is -2.36. The van der Waals surface area contributed by atoms with Crippen molar-refractivity contribution in [2.45, 2.75) is 43.0 Å². The summed E-state index contributed by atoms with van der Waals surface area (Å²) >= 11 is 0. The second-order valence-electron chi connectivity index (χ2n) is 5.51. The van der Waals surface area contributed by atoms with Crippen molar-refractivity contribution in [3.8, 4) is 0 Å². The quantitative estimate of drug-likeness (QED) is 0.874. The van der Waals surface area contributed by atoms with E-state index in [0.717, 1.165) is 31.5 Å². The summed E-state index contributed by atoms with van der Waals surface area (Å²) in [6, 6.07) is 7.77. The molecule has 5 heteroatoms. The van der Waals surface area contributed by atoms with Crippen LogP contribution in [0.15, 0.2) is 29.2 Å². The van der Waals surface area contributed by atoms with Crippen LogP contribution in [0.25, 0.3) is 0 Å². The molecule has 1 aliphatic rings. The van der Waals surface area contributed by atoms with Crippen LogP contribution >= 0.6 is 0 Å². The Kier molecular flexibility index (Phi) is 5.05. The van der Waals surface area contributed by atoms with Crippen LogP contribution in [0.2, 0.25) is 0 Å². The second-order valence-corrected chi connectivity index (χ2v) is 7.50. The number of nitrogens with two attached hydrogens (primary N) is 1. The average molecular weight is 296 g/mol. The molecule has 0 amide bonds. The van der Waals surface area contributed by atoms with E-state index >= 15 is 0 Å². The summed E-state index contributed by atoms with van der Waals surface area (Å²) in [5.41, 5.74) is 6.48. The number of para-hydroxylation sites is 1. The third-order valence-corrected chi connectivity index (χ3v) is 5.09. The molecule has 112 valence electrons. The molecule has 0 aromatic heterocycles. The molecule has 0 saturated heterocycles. The van der Waals surface area contributed by atoms with Crippen molar-refractivity contribution in [2.75, 3.05) is 24.2 Å². The van der Waals surface area contributed by atoms with Crippen molar-refractivity contribution in [1.29, 1.82) is 0 Å². The highest BCUT2D eigenvalue weighted by Crippen LogP contribution is 2.32. The van der Waals surface area contributed by atoms with Crippen LogP contribution in [-0.4, -0.2) is 33.8 Å². The Morgan fingerprint density at radius 3 is 2.50 bits per heavy atom. The van der Waals surface area contributed by atoms with E-state index in [1.165, 1.54) is 19.1 Å². The minimum absolute atomic E-state index is 0.434. The molecule has 0 unspecified atom stereocenters. The lowest BCUT2D eigenvalue weighted by molar-refractivity contribution is 0.582. The van der Waals surface area contributed by atoms with Crippen LogP contribution < -0.4 is 10.6 Å². The highest BCUT2D eigenvalue weighted by atomic mass is 32.2. The first kappa shape index (κ1) is 15.3. The number of hydrogen-bond donors (Lipinski definition) is 1. The molecular weight excluding hydrogens is 272 g/mol. The van der Waals surface area contributed by atoms with Gasteiger partial charge in [0.05, 0.1) is 10.6 Å². The lowest BCUT2D eigenvalue weighted by Gasteiger charge is -2.32. The Bertz CT molecular complexity index is 537. The van der Waals surface area contributed by atoms with E-state index in [-0.39, 0.29) is 0 Å². The van der Waals surface area contributed by atoms with E-state index < -0.39 is 9.84 Å². The highest BCUT2D eigenvalue weighted by Gasteiger charge is 2.26. The first-order valence-electron chi connectivity index (χ1n) is 7.30. The Morgan fingerprint density at radius 2 is 1.90 bits per heavy atom. The summed E-state index contributed by atoms with van der Waals surface area (Å²) in [5.74, 6) is 0. The van der Waals surface area contributed by atoms with Crippen molar-refractivity contribution in [3.63, 3.8) is 0 Å². The number of anilines is 1. The first-order valence-corrected chi connectivity index (χ1v) is 9.19. The number of hydrogen-bond acceptors (Lipinski definition) is 4. The number of rotatable bonds is 6. The highest BCUT2D eigenvalue weighted by molar-refractivity contribution is 7.90. The summed E-state index contributed by atoms with van der Waals surface area (Å²) in [4.78, 5) is 2.69. The van der Waals surface area contributed by atoms with Crippen molar-refractivity contribution < 1.29 is 8.42 Å². The Morgan fingerprint density at radius 1 is 1.25 bits per heavy atom. The van der Waals surface area contributed by atoms with E-state index in [0.29, 0.717) is 17.5 Å².